The lowest BCUT2D eigenvalue weighted by Crippen LogP contribution is -2.24. The van der Waals surface area contributed by atoms with Crippen molar-refractivity contribution >= 4 is 0 Å². The normalized spacial score (nSPS) is 20.9. The minimum absolute atomic E-state index is 0.115. The molecule has 2 rings (SSSR count). The van der Waals surface area contributed by atoms with Crippen LogP contribution in [0.3, 0.4) is 0 Å². The van der Waals surface area contributed by atoms with Gasteiger partial charge in [0.25, 0.3) is 0 Å². The first-order valence-corrected chi connectivity index (χ1v) is 3.55. The summed E-state index contributed by atoms with van der Waals surface area (Å²) in [7, 11) is 0. The minimum atomic E-state index is 0.115. The molecule has 1 aliphatic carbocycles. The van der Waals surface area contributed by atoms with Crippen molar-refractivity contribution in [1.29, 1.82) is 0 Å². The average molecular weight is 137 g/mol. The molecule has 0 radical (unpaired) electrons. The van der Waals surface area contributed by atoms with Crippen LogP contribution in [0.1, 0.15) is 18.4 Å². The second-order valence-electron chi connectivity index (χ2n) is 3.15. The first-order valence-electron chi connectivity index (χ1n) is 3.55. The summed E-state index contributed by atoms with van der Waals surface area (Å²) in [6.45, 7) is 0. The lowest BCUT2D eigenvalue weighted by Gasteiger charge is -2.03. The van der Waals surface area contributed by atoms with Crippen LogP contribution in [0.2, 0.25) is 0 Å². The van der Waals surface area contributed by atoms with E-state index in [1.54, 1.807) is 0 Å². The number of H-pyrrole nitrogens is 1. The number of nitrogens with zero attached hydrogens (tertiary/aromatic N) is 1. The highest BCUT2D eigenvalue weighted by atomic mass is 15.1. The maximum Gasteiger partial charge on any atom is 0.0519 e. The van der Waals surface area contributed by atoms with E-state index in [0.29, 0.717) is 0 Å². The topological polar surface area (TPSA) is 54.7 Å². The fourth-order valence-electron chi connectivity index (χ4n) is 1.12. The van der Waals surface area contributed by atoms with E-state index in [1.165, 1.54) is 5.56 Å². The van der Waals surface area contributed by atoms with Crippen LogP contribution in [0, 0.1) is 0 Å². The van der Waals surface area contributed by atoms with Crippen molar-refractivity contribution in [3.8, 4) is 0 Å². The fourth-order valence-corrected chi connectivity index (χ4v) is 1.12. The Morgan fingerprint density at radius 1 is 1.70 bits per heavy atom. The summed E-state index contributed by atoms with van der Waals surface area (Å²) in [6, 6.07) is 0. The van der Waals surface area contributed by atoms with Crippen LogP contribution < -0.4 is 5.73 Å². The molecule has 3 nitrogen and oxygen atoms in total. The molecule has 1 fully saturated rings. The fraction of sp³-hybridized carbons (Fsp3) is 0.571. The van der Waals surface area contributed by atoms with Gasteiger partial charge in [-0.1, -0.05) is 0 Å². The van der Waals surface area contributed by atoms with Crippen molar-refractivity contribution in [2.24, 2.45) is 5.73 Å². The van der Waals surface area contributed by atoms with Gasteiger partial charge in [-0.3, -0.25) is 5.10 Å². The number of aromatic amines is 1. The Balaban J connectivity index is 2.04. The van der Waals surface area contributed by atoms with Crippen molar-refractivity contribution in [3.63, 3.8) is 0 Å². The summed E-state index contributed by atoms with van der Waals surface area (Å²) in [5.41, 5.74) is 7.23. The number of hydrogen-bond donors (Lipinski definition) is 2. The van der Waals surface area contributed by atoms with E-state index in [0.717, 1.165) is 19.3 Å². The van der Waals surface area contributed by atoms with Gasteiger partial charge in [0.05, 0.1) is 6.20 Å². The van der Waals surface area contributed by atoms with E-state index < -0.39 is 0 Å². The van der Waals surface area contributed by atoms with E-state index >= 15 is 0 Å². The third-order valence-electron chi connectivity index (χ3n) is 2.00. The Morgan fingerprint density at radius 2 is 2.50 bits per heavy atom. The Labute approximate surface area is 59.6 Å². The Morgan fingerprint density at radius 3 is 3.00 bits per heavy atom. The lowest BCUT2D eigenvalue weighted by molar-refractivity contribution is 0.672. The maximum absolute atomic E-state index is 5.90. The zero-order chi connectivity index (χ0) is 7.03. The summed E-state index contributed by atoms with van der Waals surface area (Å²) in [5.74, 6) is 0. The molecule has 0 atom stereocenters. The quantitative estimate of drug-likeness (QED) is 0.621. The summed E-state index contributed by atoms with van der Waals surface area (Å²) in [4.78, 5) is 0. The zero-order valence-electron chi connectivity index (χ0n) is 5.80. The second kappa shape index (κ2) is 1.83. The van der Waals surface area contributed by atoms with Gasteiger partial charge in [-0.05, 0) is 24.8 Å². The van der Waals surface area contributed by atoms with Crippen LogP contribution in [0.5, 0.6) is 0 Å². The van der Waals surface area contributed by atoms with E-state index in [4.69, 9.17) is 5.73 Å². The van der Waals surface area contributed by atoms with Crippen LogP contribution in [0.15, 0.2) is 12.4 Å². The molecule has 1 aromatic rings. The molecule has 1 aromatic heterocycles. The van der Waals surface area contributed by atoms with E-state index in [2.05, 4.69) is 10.2 Å². The molecular weight excluding hydrogens is 126 g/mol. The summed E-state index contributed by atoms with van der Waals surface area (Å²) in [5, 5.41) is 6.63. The monoisotopic (exact) mass is 137 g/mol. The molecule has 0 amide bonds. The molecular formula is C7H11N3. The SMILES string of the molecule is NC1(Cc2cn[nH]c2)CC1. The van der Waals surface area contributed by atoms with E-state index in [9.17, 15) is 0 Å². The van der Waals surface area contributed by atoms with Gasteiger partial charge in [-0.25, -0.2) is 0 Å². The van der Waals surface area contributed by atoms with Crippen LogP contribution >= 0.6 is 0 Å². The third kappa shape index (κ3) is 1.04. The Kier molecular flexibility index (Phi) is 1.08. The predicted octanol–water partition coefficient (Wildman–Crippen LogP) is 0.443. The van der Waals surface area contributed by atoms with Gasteiger partial charge in [0.2, 0.25) is 0 Å². The molecule has 54 valence electrons. The van der Waals surface area contributed by atoms with Crippen molar-refractivity contribution in [2.75, 3.05) is 0 Å². The lowest BCUT2D eigenvalue weighted by atomic mass is 10.1. The molecule has 3 heteroatoms. The van der Waals surface area contributed by atoms with Gasteiger partial charge in [0.15, 0.2) is 0 Å². The highest BCUT2D eigenvalue weighted by molar-refractivity contribution is 5.13. The van der Waals surface area contributed by atoms with Crippen LogP contribution in [0.25, 0.3) is 0 Å². The van der Waals surface area contributed by atoms with Gasteiger partial charge < -0.3 is 5.73 Å². The Hall–Kier alpha value is -0.830. The van der Waals surface area contributed by atoms with Crippen molar-refractivity contribution in [2.45, 2.75) is 24.8 Å². The number of rotatable bonds is 2. The predicted molar refractivity (Wildman–Crippen MR) is 38.4 cm³/mol. The summed E-state index contributed by atoms with van der Waals surface area (Å²) >= 11 is 0. The molecule has 1 aliphatic rings. The summed E-state index contributed by atoms with van der Waals surface area (Å²) < 4.78 is 0. The number of nitrogens with two attached hydrogens (primary N) is 1. The smallest absolute Gasteiger partial charge is 0.0519 e. The Bertz CT molecular complexity index is 211. The van der Waals surface area contributed by atoms with Crippen molar-refractivity contribution in [1.82, 2.24) is 10.2 Å². The first-order chi connectivity index (χ1) is 4.79. The third-order valence-corrected chi connectivity index (χ3v) is 2.00. The van der Waals surface area contributed by atoms with Crippen LogP contribution in [0.4, 0.5) is 0 Å². The zero-order valence-corrected chi connectivity index (χ0v) is 5.80. The number of aromatic nitrogens is 2. The van der Waals surface area contributed by atoms with Gasteiger partial charge in [0.1, 0.15) is 0 Å². The maximum atomic E-state index is 5.90. The highest BCUT2D eigenvalue weighted by Gasteiger charge is 2.38. The number of nitrogens with one attached hydrogen (secondary N) is 1. The molecule has 1 saturated carbocycles. The average Bonchev–Trinajstić information content (AvgIpc) is 2.47. The van der Waals surface area contributed by atoms with Gasteiger partial charge in [0, 0.05) is 11.7 Å². The van der Waals surface area contributed by atoms with Gasteiger partial charge >= 0.3 is 0 Å². The standard InChI is InChI=1S/C7H11N3/c8-7(1-2-7)3-6-4-9-10-5-6/h4-5H,1-3,8H2,(H,9,10). The first kappa shape index (κ1) is 5.92. The number of hydrogen-bond acceptors (Lipinski definition) is 2. The molecule has 3 N–H and O–H groups in total. The van der Waals surface area contributed by atoms with Crippen molar-refractivity contribution < 1.29 is 0 Å². The second-order valence-corrected chi connectivity index (χ2v) is 3.15. The van der Waals surface area contributed by atoms with E-state index in [1.807, 2.05) is 12.4 Å². The van der Waals surface area contributed by atoms with Gasteiger partial charge in [-0.2, -0.15) is 5.10 Å². The van der Waals surface area contributed by atoms with Gasteiger partial charge in [-0.15, -0.1) is 0 Å². The van der Waals surface area contributed by atoms with Crippen LogP contribution in [-0.4, -0.2) is 15.7 Å². The molecule has 1 heterocycles. The minimum Gasteiger partial charge on any atom is -0.325 e. The summed E-state index contributed by atoms with van der Waals surface area (Å²) in [6.07, 6.45) is 7.06. The molecule has 0 aliphatic heterocycles. The molecule has 0 saturated heterocycles. The molecule has 0 aromatic carbocycles. The highest BCUT2D eigenvalue weighted by Crippen LogP contribution is 2.35. The molecule has 0 unspecified atom stereocenters. The van der Waals surface area contributed by atoms with Crippen LogP contribution in [-0.2, 0) is 6.42 Å². The molecule has 10 heavy (non-hydrogen) atoms. The molecule has 0 spiro atoms. The largest absolute Gasteiger partial charge is 0.325 e. The molecule has 0 bridgehead atoms. The van der Waals surface area contributed by atoms with Crippen molar-refractivity contribution in [3.05, 3.63) is 18.0 Å². The van der Waals surface area contributed by atoms with E-state index in [-0.39, 0.29) is 5.54 Å².